The average Bonchev–Trinajstić information content (AvgIpc) is 2.27. The molecule has 0 saturated carbocycles. The van der Waals surface area contributed by atoms with Crippen LogP contribution in [0.3, 0.4) is 0 Å². The molecule has 1 aromatic carbocycles. The fraction of sp³-hybridized carbons (Fsp3) is 0.500. The molecule has 0 heterocycles. The molecule has 0 nitrogen and oxygen atoms in total. The standard InChI is InChI=1S/C10H15.ClH.Ru/c1-6-7(2)9(4)10(5)8(6)3;;/h1-5H3;1H;/q-1;;+1/p-1. The molecule has 0 bridgehead atoms. The molecule has 0 saturated heterocycles. The Morgan fingerprint density at radius 2 is 1.17 bits per heavy atom. The van der Waals surface area contributed by atoms with Crippen molar-refractivity contribution in [3.8, 4) is 0 Å². The van der Waals surface area contributed by atoms with Crippen molar-refractivity contribution in [1.29, 1.82) is 0 Å². The molecule has 71 valence electrons. The number of hydrogen-bond donors (Lipinski definition) is 0. The predicted molar refractivity (Wildman–Crippen MR) is 51.6 cm³/mol. The molecule has 0 radical (unpaired) electrons. The second-order valence-corrected chi connectivity index (χ2v) is 3.12. The van der Waals surface area contributed by atoms with Crippen molar-refractivity contribution in [1.82, 2.24) is 0 Å². The van der Waals surface area contributed by atoms with Crippen LogP contribution in [-0.4, -0.2) is 0 Å². The zero-order valence-electron chi connectivity index (χ0n) is 8.23. The van der Waals surface area contributed by atoms with Crippen LogP contribution in [0.5, 0.6) is 0 Å². The van der Waals surface area contributed by atoms with Gasteiger partial charge in [0.05, 0.1) is 0 Å². The van der Waals surface area contributed by atoms with Gasteiger partial charge in [-0.15, -0.1) is 0 Å². The van der Waals surface area contributed by atoms with E-state index in [2.05, 4.69) is 44.3 Å². The second kappa shape index (κ2) is 5.09. The molecule has 0 N–H and O–H groups in total. The van der Waals surface area contributed by atoms with E-state index in [4.69, 9.17) is 0 Å². The summed E-state index contributed by atoms with van der Waals surface area (Å²) in [4.78, 5) is 0. The fourth-order valence-corrected chi connectivity index (χ4v) is 1.41. The zero-order valence-corrected chi connectivity index (χ0v) is 10.7. The van der Waals surface area contributed by atoms with Gasteiger partial charge in [0.2, 0.25) is 0 Å². The Morgan fingerprint density at radius 1 is 0.917 bits per heavy atom. The van der Waals surface area contributed by atoms with Gasteiger partial charge in [-0.05, 0) is 0 Å². The first-order valence-corrected chi connectivity index (χ1v) is 6.12. The maximum absolute atomic E-state index is 4.57. The molecule has 1 rings (SSSR count). The van der Waals surface area contributed by atoms with Crippen molar-refractivity contribution >= 4 is 9.69 Å². The summed E-state index contributed by atoms with van der Waals surface area (Å²) in [5.41, 5.74) is 7.34. The van der Waals surface area contributed by atoms with Crippen molar-refractivity contribution in [3.05, 3.63) is 27.8 Å². The Morgan fingerprint density at radius 3 is 1.25 bits per heavy atom. The van der Waals surface area contributed by atoms with Crippen LogP contribution in [0.25, 0.3) is 0 Å². The van der Waals surface area contributed by atoms with E-state index >= 15 is 0 Å². The Balaban J connectivity index is 0.000000561. The molecule has 12 heavy (non-hydrogen) atoms. The Kier molecular flexibility index (Phi) is 5.20. The first-order valence-electron chi connectivity index (χ1n) is 3.88. The van der Waals surface area contributed by atoms with E-state index in [1.54, 1.807) is 0 Å². The van der Waals surface area contributed by atoms with E-state index < -0.39 is 0 Å². The zero-order chi connectivity index (χ0) is 9.89. The Hall–Kier alpha value is 0.263. The van der Waals surface area contributed by atoms with Gasteiger partial charge in [0, 0.05) is 0 Å². The van der Waals surface area contributed by atoms with Crippen LogP contribution in [0.1, 0.15) is 27.8 Å². The van der Waals surface area contributed by atoms with Gasteiger partial charge >= 0.3 is 27.0 Å². The summed E-state index contributed by atoms with van der Waals surface area (Å²) in [6.45, 7) is 11.0. The van der Waals surface area contributed by atoms with Crippen molar-refractivity contribution in [2.75, 3.05) is 0 Å². The van der Waals surface area contributed by atoms with Crippen LogP contribution in [0.2, 0.25) is 0 Å². The summed E-state index contributed by atoms with van der Waals surface area (Å²) in [7, 11) is 4.57. The minimum atomic E-state index is 1.47. The van der Waals surface area contributed by atoms with E-state index in [1.807, 2.05) is 17.3 Å². The molecule has 2 heteroatoms. The number of halogens is 1. The van der Waals surface area contributed by atoms with Gasteiger partial charge < -0.3 is 0 Å². The molecule has 0 spiro atoms. The van der Waals surface area contributed by atoms with Crippen molar-refractivity contribution in [2.45, 2.75) is 34.6 Å². The van der Waals surface area contributed by atoms with E-state index in [-0.39, 0.29) is 0 Å². The topological polar surface area (TPSA) is 0 Å². The summed E-state index contributed by atoms with van der Waals surface area (Å²) in [6.07, 6.45) is 0. The average molecular weight is 272 g/mol. The van der Waals surface area contributed by atoms with Crippen LogP contribution in [0.15, 0.2) is 0 Å². The van der Waals surface area contributed by atoms with Crippen molar-refractivity contribution in [3.63, 3.8) is 0 Å². The first-order chi connectivity index (χ1) is 5.55. The predicted octanol–water partition coefficient (Wildman–Crippen LogP) is 3.63. The van der Waals surface area contributed by atoms with Gasteiger partial charge in [-0.1, -0.05) is 34.6 Å². The van der Waals surface area contributed by atoms with Crippen molar-refractivity contribution < 1.29 is 17.3 Å². The molecule has 0 atom stereocenters. The first kappa shape index (κ1) is 12.3. The van der Waals surface area contributed by atoms with Crippen LogP contribution in [0.4, 0.5) is 0 Å². The summed E-state index contributed by atoms with van der Waals surface area (Å²) >= 11 is 1.82. The van der Waals surface area contributed by atoms with E-state index in [0.29, 0.717) is 0 Å². The fourth-order valence-electron chi connectivity index (χ4n) is 1.41. The molecule has 0 aliphatic rings. The van der Waals surface area contributed by atoms with E-state index in [9.17, 15) is 0 Å². The summed E-state index contributed by atoms with van der Waals surface area (Å²) < 4.78 is 0. The van der Waals surface area contributed by atoms with Gasteiger partial charge in [-0.3, -0.25) is 0 Å². The SMILES string of the molecule is Cc1c(C)c(C)[c-](C)c1C.[Cl][Ru]. The van der Waals surface area contributed by atoms with E-state index in [1.165, 1.54) is 27.8 Å². The molecule has 0 aliphatic carbocycles. The molecule has 0 aromatic heterocycles. The van der Waals surface area contributed by atoms with Crippen LogP contribution in [-0.2, 0) is 17.3 Å². The second-order valence-electron chi connectivity index (χ2n) is 3.12. The van der Waals surface area contributed by atoms with Crippen LogP contribution < -0.4 is 0 Å². The molecule has 1 aromatic rings. The number of rotatable bonds is 0. The normalized spacial score (nSPS) is 9.25. The Labute approximate surface area is 89.4 Å². The van der Waals surface area contributed by atoms with Crippen LogP contribution >= 0.6 is 9.69 Å². The van der Waals surface area contributed by atoms with Gasteiger partial charge in [-0.2, -0.15) is 27.8 Å². The summed E-state index contributed by atoms with van der Waals surface area (Å²) in [5.74, 6) is 0. The third kappa shape index (κ3) is 2.14. The van der Waals surface area contributed by atoms with E-state index in [0.717, 1.165) is 0 Å². The molecular weight excluding hydrogens is 257 g/mol. The summed E-state index contributed by atoms with van der Waals surface area (Å²) in [6, 6.07) is 0. The third-order valence-corrected chi connectivity index (χ3v) is 2.81. The maximum atomic E-state index is 4.57. The third-order valence-electron chi connectivity index (χ3n) is 2.81. The van der Waals surface area contributed by atoms with Gasteiger partial charge in [0.25, 0.3) is 0 Å². The van der Waals surface area contributed by atoms with Crippen LogP contribution in [0, 0.1) is 34.6 Å². The quantitative estimate of drug-likeness (QED) is 0.499. The van der Waals surface area contributed by atoms with Crippen molar-refractivity contribution in [2.24, 2.45) is 0 Å². The van der Waals surface area contributed by atoms with Gasteiger partial charge in [0.15, 0.2) is 0 Å². The Bertz CT molecular complexity index is 181. The molecule has 0 aliphatic heterocycles. The summed E-state index contributed by atoms with van der Waals surface area (Å²) in [5, 5.41) is 0. The molecule has 0 amide bonds. The molecular formula is C10H15ClRu-. The van der Waals surface area contributed by atoms with Gasteiger partial charge in [-0.25, -0.2) is 0 Å². The number of hydrogen-bond acceptors (Lipinski definition) is 0. The molecule has 0 fully saturated rings. The van der Waals surface area contributed by atoms with Gasteiger partial charge in [0.1, 0.15) is 0 Å². The molecule has 0 unspecified atom stereocenters. The minimum absolute atomic E-state index is 1.47. The monoisotopic (exact) mass is 272 g/mol.